The molecule has 4 aromatic rings. The molecule has 7 heteroatoms. The summed E-state index contributed by atoms with van der Waals surface area (Å²) in [6.45, 7) is 0.616. The van der Waals surface area contributed by atoms with E-state index in [1.165, 1.54) is 0 Å². The fourth-order valence-electron chi connectivity index (χ4n) is 2.49. The number of aromatic nitrogens is 5. The van der Waals surface area contributed by atoms with Gasteiger partial charge in [-0.05, 0) is 32.3 Å². The second kappa shape index (κ2) is 5.86. The Hall–Kier alpha value is -3.06. The van der Waals surface area contributed by atoms with Crippen LogP contribution in [0.2, 0.25) is 0 Å². The highest BCUT2D eigenvalue weighted by atomic mass is 16.5. The van der Waals surface area contributed by atoms with Gasteiger partial charge < -0.3 is 9.42 Å². The lowest BCUT2D eigenvalue weighted by Crippen LogP contribution is -2.10. The van der Waals surface area contributed by atoms with E-state index in [2.05, 4.69) is 20.2 Å². The fourth-order valence-corrected chi connectivity index (χ4v) is 2.49. The maximum Gasteiger partial charge on any atom is 0.241 e. The quantitative estimate of drug-likeness (QED) is 0.575. The highest BCUT2D eigenvalue weighted by molar-refractivity contribution is 5.69. The Morgan fingerprint density at radius 3 is 2.79 bits per heavy atom. The Morgan fingerprint density at radius 1 is 1.08 bits per heavy atom. The number of benzene rings is 1. The summed E-state index contributed by atoms with van der Waals surface area (Å²) in [5.74, 6) is 1.17. The number of nitrogens with zero attached hydrogens (tertiary/aromatic N) is 6. The molecule has 0 spiro atoms. The zero-order valence-corrected chi connectivity index (χ0v) is 13.4. The van der Waals surface area contributed by atoms with Crippen LogP contribution in [0.5, 0.6) is 0 Å². The smallest absolute Gasteiger partial charge is 0.241 e. The SMILES string of the molecule is CN(C)Cc1nc(-c2cccc(-c3cn4ncccc4n3)c2)no1. The van der Waals surface area contributed by atoms with Gasteiger partial charge in [0.2, 0.25) is 11.7 Å². The Bertz CT molecular complexity index is 954. The third kappa shape index (κ3) is 2.77. The molecule has 0 aliphatic rings. The summed E-state index contributed by atoms with van der Waals surface area (Å²) < 4.78 is 7.05. The van der Waals surface area contributed by atoms with Gasteiger partial charge in [-0.15, -0.1) is 0 Å². The standard InChI is InChI=1S/C17H16N6O/c1-22(2)11-16-20-17(21-24-16)13-6-3-5-12(9-13)14-10-23-15(19-14)7-4-8-18-23/h3-10H,11H2,1-2H3. The predicted octanol–water partition coefficient (Wildman–Crippen LogP) is 2.51. The van der Waals surface area contributed by atoms with Crippen LogP contribution in [0.1, 0.15) is 5.89 Å². The average molecular weight is 320 g/mol. The van der Waals surface area contributed by atoms with Crippen LogP contribution >= 0.6 is 0 Å². The summed E-state index contributed by atoms with van der Waals surface area (Å²) in [4.78, 5) is 11.0. The number of hydrogen-bond donors (Lipinski definition) is 0. The predicted molar refractivity (Wildman–Crippen MR) is 89.1 cm³/mol. The monoisotopic (exact) mass is 320 g/mol. The zero-order chi connectivity index (χ0) is 16.5. The lowest BCUT2D eigenvalue weighted by molar-refractivity contribution is 0.303. The number of rotatable bonds is 4. The number of fused-ring (bicyclic) bond motifs is 1. The molecule has 0 unspecified atom stereocenters. The van der Waals surface area contributed by atoms with Gasteiger partial charge in [-0.25, -0.2) is 9.50 Å². The van der Waals surface area contributed by atoms with Crippen molar-refractivity contribution in [2.24, 2.45) is 0 Å². The summed E-state index contributed by atoms with van der Waals surface area (Å²) in [6, 6.07) is 11.7. The zero-order valence-electron chi connectivity index (χ0n) is 13.4. The molecule has 3 aromatic heterocycles. The lowest BCUT2D eigenvalue weighted by atomic mass is 10.1. The third-order valence-corrected chi connectivity index (χ3v) is 3.57. The molecule has 120 valence electrons. The molecule has 0 amide bonds. The van der Waals surface area contributed by atoms with E-state index in [1.54, 1.807) is 10.7 Å². The Labute approximate surface area is 138 Å². The molecule has 0 fully saturated rings. The van der Waals surface area contributed by atoms with Gasteiger partial charge in [0.1, 0.15) is 0 Å². The molecule has 0 saturated carbocycles. The minimum Gasteiger partial charge on any atom is -0.338 e. The average Bonchev–Trinajstić information content (AvgIpc) is 3.21. The number of hydrogen-bond acceptors (Lipinski definition) is 6. The van der Waals surface area contributed by atoms with E-state index in [-0.39, 0.29) is 0 Å². The summed E-state index contributed by atoms with van der Waals surface area (Å²) in [5, 5.41) is 8.31. The van der Waals surface area contributed by atoms with Crippen molar-refractivity contribution in [3.05, 3.63) is 54.7 Å². The first-order chi connectivity index (χ1) is 11.7. The van der Waals surface area contributed by atoms with E-state index < -0.39 is 0 Å². The normalized spacial score (nSPS) is 11.5. The Kier molecular flexibility index (Phi) is 3.55. The van der Waals surface area contributed by atoms with Crippen molar-refractivity contribution >= 4 is 5.65 Å². The highest BCUT2D eigenvalue weighted by Crippen LogP contribution is 2.24. The minimum absolute atomic E-state index is 0.579. The second-order valence-corrected chi connectivity index (χ2v) is 5.78. The van der Waals surface area contributed by atoms with Crippen LogP contribution in [0.4, 0.5) is 0 Å². The van der Waals surface area contributed by atoms with E-state index in [1.807, 2.05) is 61.6 Å². The minimum atomic E-state index is 0.579. The van der Waals surface area contributed by atoms with Gasteiger partial charge in [-0.2, -0.15) is 10.1 Å². The largest absolute Gasteiger partial charge is 0.338 e. The van der Waals surface area contributed by atoms with Gasteiger partial charge in [0.25, 0.3) is 0 Å². The van der Waals surface area contributed by atoms with Crippen LogP contribution in [0.3, 0.4) is 0 Å². The molecular formula is C17H16N6O. The van der Waals surface area contributed by atoms with Crippen LogP contribution < -0.4 is 0 Å². The van der Waals surface area contributed by atoms with Crippen molar-refractivity contribution in [3.8, 4) is 22.6 Å². The molecule has 4 rings (SSSR count). The molecule has 0 atom stereocenters. The molecule has 0 aliphatic carbocycles. The molecule has 1 aromatic carbocycles. The molecule has 0 radical (unpaired) electrons. The molecular weight excluding hydrogens is 304 g/mol. The van der Waals surface area contributed by atoms with E-state index in [0.717, 1.165) is 22.5 Å². The van der Waals surface area contributed by atoms with Crippen molar-refractivity contribution in [1.82, 2.24) is 29.6 Å². The van der Waals surface area contributed by atoms with Crippen LogP contribution in [-0.4, -0.2) is 43.7 Å². The van der Waals surface area contributed by atoms with Gasteiger partial charge in [0.05, 0.1) is 18.4 Å². The van der Waals surface area contributed by atoms with Gasteiger partial charge in [0, 0.05) is 17.3 Å². The molecule has 0 saturated heterocycles. The molecule has 3 heterocycles. The van der Waals surface area contributed by atoms with E-state index in [9.17, 15) is 0 Å². The van der Waals surface area contributed by atoms with E-state index in [4.69, 9.17) is 4.52 Å². The van der Waals surface area contributed by atoms with Crippen molar-refractivity contribution in [1.29, 1.82) is 0 Å². The first-order valence-corrected chi connectivity index (χ1v) is 7.57. The Balaban J connectivity index is 1.69. The fraction of sp³-hybridized carbons (Fsp3) is 0.176. The maximum atomic E-state index is 5.29. The van der Waals surface area contributed by atoms with Crippen LogP contribution in [0.25, 0.3) is 28.3 Å². The van der Waals surface area contributed by atoms with Crippen molar-refractivity contribution < 1.29 is 4.52 Å². The van der Waals surface area contributed by atoms with Crippen LogP contribution in [0.15, 0.2) is 53.3 Å². The van der Waals surface area contributed by atoms with E-state index in [0.29, 0.717) is 18.3 Å². The molecule has 0 N–H and O–H groups in total. The molecule has 24 heavy (non-hydrogen) atoms. The summed E-state index contributed by atoms with van der Waals surface area (Å²) >= 11 is 0. The summed E-state index contributed by atoms with van der Waals surface area (Å²) in [5.41, 5.74) is 3.54. The van der Waals surface area contributed by atoms with Crippen molar-refractivity contribution in [3.63, 3.8) is 0 Å². The van der Waals surface area contributed by atoms with Crippen molar-refractivity contribution in [2.45, 2.75) is 6.54 Å². The van der Waals surface area contributed by atoms with Gasteiger partial charge in [0.15, 0.2) is 5.65 Å². The molecule has 0 aliphatic heterocycles. The molecule has 0 bridgehead atoms. The van der Waals surface area contributed by atoms with Crippen LogP contribution in [-0.2, 0) is 6.54 Å². The third-order valence-electron chi connectivity index (χ3n) is 3.57. The van der Waals surface area contributed by atoms with Gasteiger partial charge in [-0.1, -0.05) is 23.4 Å². The second-order valence-electron chi connectivity index (χ2n) is 5.78. The van der Waals surface area contributed by atoms with E-state index >= 15 is 0 Å². The summed E-state index contributed by atoms with van der Waals surface area (Å²) in [7, 11) is 3.92. The van der Waals surface area contributed by atoms with Gasteiger partial charge in [-0.3, -0.25) is 0 Å². The number of imidazole rings is 1. The van der Waals surface area contributed by atoms with Crippen molar-refractivity contribution in [2.75, 3.05) is 14.1 Å². The van der Waals surface area contributed by atoms with Gasteiger partial charge >= 0.3 is 0 Å². The highest BCUT2D eigenvalue weighted by Gasteiger charge is 2.11. The lowest BCUT2D eigenvalue weighted by Gasteiger charge is -2.03. The maximum absolute atomic E-state index is 5.29. The summed E-state index contributed by atoms with van der Waals surface area (Å²) in [6.07, 6.45) is 3.64. The Morgan fingerprint density at radius 2 is 1.96 bits per heavy atom. The molecule has 7 nitrogen and oxygen atoms in total. The van der Waals surface area contributed by atoms with Crippen LogP contribution in [0, 0.1) is 0 Å². The first-order valence-electron chi connectivity index (χ1n) is 7.57. The first kappa shape index (κ1) is 14.5. The topological polar surface area (TPSA) is 72.4 Å².